The van der Waals surface area contributed by atoms with E-state index in [1.165, 1.54) is 34.9 Å². The molecule has 1 N–H and O–H groups in total. The monoisotopic (exact) mass is 499 g/mol. The first-order chi connectivity index (χ1) is 15.6. The van der Waals surface area contributed by atoms with Gasteiger partial charge in [-0.05, 0) is 58.1 Å². The summed E-state index contributed by atoms with van der Waals surface area (Å²) >= 11 is 1.28. The number of carboxylic acid groups (broad SMARTS) is 1. The SMILES string of the molecule is CCC1(O/N=C(\C(=O)N[C@@H]2C(=O)N3[C@@H]2SC(C)(C)[C@@H]3C(=O)[O-])c2ccccc2F)CCCC1.[Na+]. The van der Waals surface area contributed by atoms with Gasteiger partial charge in [-0.3, -0.25) is 9.59 Å². The maximum absolute atomic E-state index is 14.6. The van der Waals surface area contributed by atoms with Crippen LogP contribution in [0.4, 0.5) is 4.39 Å². The molecule has 11 heteroatoms. The van der Waals surface area contributed by atoms with Crippen LogP contribution in [-0.4, -0.2) is 56.2 Å². The van der Waals surface area contributed by atoms with E-state index in [4.69, 9.17) is 4.84 Å². The van der Waals surface area contributed by atoms with E-state index < -0.39 is 51.4 Å². The van der Waals surface area contributed by atoms with Crippen molar-refractivity contribution in [2.24, 2.45) is 5.16 Å². The second kappa shape index (κ2) is 10.2. The first-order valence-corrected chi connectivity index (χ1v) is 12.0. The van der Waals surface area contributed by atoms with Crippen molar-refractivity contribution in [3.05, 3.63) is 35.6 Å². The number of nitrogens with zero attached hydrogens (tertiary/aromatic N) is 2. The number of amides is 2. The van der Waals surface area contributed by atoms with Crippen molar-refractivity contribution in [1.82, 2.24) is 10.2 Å². The van der Waals surface area contributed by atoms with Crippen LogP contribution in [0.15, 0.2) is 29.4 Å². The van der Waals surface area contributed by atoms with E-state index in [1.807, 2.05) is 6.92 Å². The number of carbonyl (C=O) groups is 3. The number of hydrogen-bond acceptors (Lipinski definition) is 7. The number of halogens is 1. The number of thioether (sulfide) groups is 1. The van der Waals surface area contributed by atoms with Gasteiger partial charge in [0.05, 0.1) is 12.0 Å². The van der Waals surface area contributed by atoms with Crippen LogP contribution in [-0.2, 0) is 19.2 Å². The van der Waals surface area contributed by atoms with Gasteiger partial charge in [0.25, 0.3) is 5.91 Å². The Morgan fingerprint density at radius 3 is 2.53 bits per heavy atom. The second-order valence-electron chi connectivity index (χ2n) is 9.28. The number of hydrogen-bond donors (Lipinski definition) is 1. The first kappa shape index (κ1) is 27.0. The summed E-state index contributed by atoms with van der Waals surface area (Å²) in [4.78, 5) is 44.6. The Labute approximate surface area is 224 Å². The number of benzene rings is 1. The van der Waals surface area contributed by atoms with Crippen molar-refractivity contribution in [1.29, 1.82) is 0 Å². The van der Waals surface area contributed by atoms with Crippen molar-refractivity contribution in [3.63, 3.8) is 0 Å². The second-order valence-corrected chi connectivity index (χ2v) is 11.1. The normalized spacial score (nSPS) is 26.8. The fourth-order valence-corrected chi connectivity index (χ4v) is 6.49. The van der Waals surface area contributed by atoms with Crippen molar-refractivity contribution < 1.29 is 58.3 Å². The van der Waals surface area contributed by atoms with Gasteiger partial charge in [-0.15, -0.1) is 11.8 Å². The third-order valence-electron chi connectivity index (χ3n) is 6.78. The Balaban J connectivity index is 0.00000324. The largest absolute Gasteiger partial charge is 1.00 e. The molecule has 0 bridgehead atoms. The molecule has 4 rings (SSSR count). The number of carboxylic acids is 1. The zero-order chi connectivity index (χ0) is 24.0. The average Bonchev–Trinajstić information content (AvgIpc) is 3.34. The van der Waals surface area contributed by atoms with Gasteiger partial charge in [0.1, 0.15) is 22.8 Å². The molecular formula is C23H27FN3NaO5S. The Kier molecular flexibility index (Phi) is 8.06. The van der Waals surface area contributed by atoms with Gasteiger partial charge in [0.2, 0.25) is 5.91 Å². The molecule has 0 unspecified atom stereocenters. The molecule has 8 nitrogen and oxygen atoms in total. The Bertz CT molecular complexity index is 1010. The minimum Gasteiger partial charge on any atom is -0.548 e. The number of oxime groups is 1. The molecule has 34 heavy (non-hydrogen) atoms. The van der Waals surface area contributed by atoms with E-state index in [2.05, 4.69) is 10.5 Å². The molecule has 178 valence electrons. The van der Waals surface area contributed by atoms with Gasteiger partial charge in [-0.2, -0.15) is 0 Å². The summed E-state index contributed by atoms with van der Waals surface area (Å²) in [6, 6.07) is 3.70. The summed E-state index contributed by atoms with van der Waals surface area (Å²) in [5.74, 6) is -3.24. The molecule has 1 saturated carbocycles. The zero-order valence-electron chi connectivity index (χ0n) is 19.8. The predicted molar refractivity (Wildman–Crippen MR) is 119 cm³/mol. The Morgan fingerprint density at radius 1 is 1.29 bits per heavy atom. The van der Waals surface area contributed by atoms with Crippen LogP contribution < -0.4 is 40.0 Å². The summed E-state index contributed by atoms with van der Waals surface area (Å²) in [6.07, 6.45) is 4.29. The van der Waals surface area contributed by atoms with Crippen LogP contribution in [0, 0.1) is 5.82 Å². The van der Waals surface area contributed by atoms with Crippen LogP contribution in [0.5, 0.6) is 0 Å². The summed E-state index contributed by atoms with van der Waals surface area (Å²) in [7, 11) is 0. The molecule has 0 radical (unpaired) electrons. The van der Waals surface area contributed by atoms with E-state index in [0.29, 0.717) is 6.42 Å². The van der Waals surface area contributed by atoms with Crippen LogP contribution in [0.1, 0.15) is 58.4 Å². The van der Waals surface area contributed by atoms with E-state index in [1.54, 1.807) is 19.9 Å². The molecule has 3 aliphatic rings. The average molecular weight is 500 g/mol. The molecule has 2 heterocycles. The van der Waals surface area contributed by atoms with E-state index in [0.717, 1.165) is 25.7 Å². The standard InChI is InChI=1S/C23H28FN3O5S.Na/c1-4-23(11-7-8-12-23)32-26-15(13-9-5-6-10-14(13)24)18(28)25-16-19(29)27-17(21(30)31)22(2,3)33-20(16)27;/h5-6,9-10,16-17,20H,4,7-8,11-12H2,1-3H3,(H,25,28)(H,30,31);/q;+1/p-1/b26-15-;/t16-,17+,20-;/m1./s1. The predicted octanol–water partition coefficient (Wildman–Crippen LogP) is -1.43. The van der Waals surface area contributed by atoms with Crippen LogP contribution in [0.25, 0.3) is 0 Å². The van der Waals surface area contributed by atoms with Gasteiger partial charge < -0.3 is 25.0 Å². The fourth-order valence-electron chi connectivity index (χ4n) is 4.87. The number of aliphatic carboxylic acids is 1. The fraction of sp³-hybridized carbons (Fsp3) is 0.565. The van der Waals surface area contributed by atoms with Gasteiger partial charge in [-0.25, -0.2) is 4.39 Å². The maximum Gasteiger partial charge on any atom is 1.00 e. The van der Waals surface area contributed by atoms with E-state index >= 15 is 0 Å². The minimum absolute atomic E-state index is 0. The minimum atomic E-state index is -1.34. The van der Waals surface area contributed by atoms with Crippen molar-refractivity contribution in [2.75, 3.05) is 0 Å². The first-order valence-electron chi connectivity index (χ1n) is 11.1. The summed E-state index contributed by atoms with van der Waals surface area (Å²) in [5, 5.41) is 17.8. The van der Waals surface area contributed by atoms with Gasteiger partial charge in [0.15, 0.2) is 5.71 Å². The molecular weight excluding hydrogens is 472 g/mol. The van der Waals surface area contributed by atoms with Gasteiger partial charge in [0, 0.05) is 10.3 Å². The van der Waals surface area contributed by atoms with Gasteiger partial charge in [-0.1, -0.05) is 24.2 Å². The van der Waals surface area contributed by atoms with Gasteiger partial charge >= 0.3 is 29.6 Å². The number of nitrogens with one attached hydrogen (secondary N) is 1. The molecule has 1 aromatic rings. The summed E-state index contributed by atoms with van der Waals surface area (Å²) < 4.78 is 13.8. The van der Waals surface area contributed by atoms with E-state index in [9.17, 15) is 23.9 Å². The van der Waals surface area contributed by atoms with Crippen molar-refractivity contribution >= 4 is 35.3 Å². The van der Waals surface area contributed by atoms with Crippen molar-refractivity contribution in [2.45, 2.75) is 80.7 Å². The van der Waals surface area contributed by atoms with Crippen LogP contribution >= 0.6 is 11.8 Å². The zero-order valence-corrected chi connectivity index (χ0v) is 22.6. The van der Waals surface area contributed by atoms with Crippen molar-refractivity contribution in [3.8, 4) is 0 Å². The molecule has 2 amide bonds. The number of rotatable bonds is 7. The molecule has 2 saturated heterocycles. The third kappa shape index (κ3) is 4.74. The molecule has 3 fully saturated rings. The summed E-state index contributed by atoms with van der Waals surface area (Å²) in [6.45, 7) is 5.42. The smallest absolute Gasteiger partial charge is 0.548 e. The quantitative estimate of drug-likeness (QED) is 0.213. The van der Waals surface area contributed by atoms with Crippen LogP contribution in [0.3, 0.4) is 0 Å². The van der Waals surface area contributed by atoms with E-state index in [-0.39, 0.29) is 40.8 Å². The third-order valence-corrected chi connectivity index (χ3v) is 8.36. The Morgan fingerprint density at radius 2 is 1.94 bits per heavy atom. The molecule has 0 aromatic heterocycles. The molecule has 1 aliphatic carbocycles. The Hall–Kier alpha value is -1.62. The number of fused-ring (bicyclic) bond motifs is 1. The maximum atomic E-state index is 14.6. The molecule has 0 spiro atoms. The number of β-lactam (4-membered cyclic amide) rings is 1. The van der Waals surface area contributed by atoms with Crippen LogP contribution in [0.2, 0.25) is 0 Å². The molecule has 1 aromatic carbocycles. The molecule has 3 atom stereocenters. The summed E-state index contributed by atoms with van der Waals surface area (Å²) in [5.41, 5.74) is -0.778. The topological polar surface area (TPSA) is 111 Å². The molecule has 2 aliphatic heterocycles. The number of carbonyl (C=O) groups excluding carboxylic acids is 3.